The lowest BCUT2D eigenvalue weighted by atomic mass is 10.1. The number of para-hydroxylation sites is 2. The number of halogens is 1. The first-order valence-electron chi connectivity index (χ1n) is 6.93. The molecule has 0 radical (unpaired) electrons. The van der Waals surface area contributed by atoms with Gasteiger partial charge in [-0.15, -0.1) is 11.6 Å². The van der Waals surface area contributed by atoms with E-state index in [0.717, 1.165) is 22.6 Å². The highest BCUT2D eigenvalue weighted by atomic mass is 35.5. The minimum atomic E-state index is 0.539. The van der Waals surface area contributed by atoms with Gasteiger partial charge in [-0.3, -0.25) is 0 Å². The third-order valence-electron chi connectivity index (χ3n) is 3.38. The van der Waals surface area contributed by atoms with Gasteiger partial charge in [0, 0.05) is 22.9 Å². The lowest BCUT2D eigenvalue weighted by Crippen LogP contribution is -2.09. The summed E-state index contributed by atoms with van der Waals surface area (Å²) in [6.45, 7) is 0. The fourth-order valence-corrected chi connectivity index (χ4v) is 2.51. The van der Waals surface area contributed by atoms with Crippen LogP contribution in [0.2, 0.25) is 0 Å². The van der Waals surface area contributed by atoms with Crippen molar-refractivity contribution in [2.24, 2.45) is 0 Å². The van der Waals surface area contributed by atoms with E-state index in [1.165, 1.54) is 0 Å². The number of hydrogen-bond donors (Lipinski definition) is 0. The monoisotopic (exact) mass is 293 g/mol. The summed E-state index contributed by atoms with van der Waals surface area (Å²) in [6.07, 6.45) is 0. The van der Waals surface area contributed by atoms with Gasteiger partial charge in [0.25, 0.3) is 0 Å². The molecule has 0 spiro atoms. The van der Waals surface area contributed by atoms with Crippen molar-refractivity contribution in [3.8, 4) is 0 Å². The standard InChI is InChI=1S/C19H16ClN/c20-15-16-11-13-19(14-12-16)21(17-7-3-1-4-8-17)18-9-5-2-6-10-18/h1-14H,15H2. The smallest absolute Gasteiger partial charge is 0.0474 e. The van der Waals surface area contributed by atoms with Gasteiger partial charge in [-0.25, -0.2) is 0 Å². The molecule has 0 fully saturated rings. The fourth-order valence-electron chi connectivity index (χ4n) is 2.34. The van der Waals surface area contributed by atoms with Crippen LogP contribution in [-0.4, -0.2) is 0 Å². The Kier molecular flexibility index (Phi) is 4.23. The maximum Gasteiger partial charge on any atom is 0.0474 e. The molecule has 0 heterocycles. The summed E-state index contributed by atoms with van der Waals surface area (Å²) < 4.78 is 0. The molecule has 0 N–H and O–H groups in total. The van der Waals surface area contributed by atoms with Crippen molar-refractivity contribution in [3.05, 3.63) is 90.5 Å². The van der Waals surface area contributed by atoms with Gasteiger partial charge in [0.1, 0.15) is 0 Å². The Balaban J connectivity index is 2.07. The summed E-state index contributed by atoms with van der Waals surface area (Å²) in [4.78, 5) is 2.23. The molecular formula is C19H16ClN. The Labute approximate surface area is 130 Å². The Hall–Kier alpha value is -2.25. The average Bonchev–Trinajstić information content (AvgIpc) is 2.58. The van der Waals surface area contributed by atoms with Crippen LogP contribution < -0.4 is 4.90 Å². The molecule has 0 unspecified atom stereocenters. The van der Waals surface area contributed by atoms with Crippen LogP contribution >= 0.6 is 11.6 Å². The maximum absolute atomic E-state index is 5.88. The molecule has 21 heavy (non-hydrogen) atoms. The molecule has 0 aliphatic rings. The van der Waals surface area contributed by atoms with Crippen molar-refractivity contribution < 1.29 is 0 Å². The van der Waals surface area contributed by atoms with E-state index in [4.69, 9.17) is 11.6 Å². The molecule has 3 rings (SSSR count). The molecule has 0 saturated carbocycles. The molecule has 3 aromatic rings. The topological polar surface area (TPSA) is 3.24 Å². The second-order valence-electron chi connectivity index (χ2n) is 4.81. The van der Waals surface area contributed by atoms with Crippen molar-refractivity contribution in [2.45, 2.75) is 5.88 Å². The molecule has 2 heteroatoms. The molecule has 1 nitrogen and oxygen atoms in total. The van der Waals surface area contributed by atoms with Crippen LogP contribution in [0.3, 0.4) is 0 Å². The van der Waals surface area contributed by atoms with Gasteiger partial charge in [0.15, 0.2) is 0 Å². The summed E-state index contributed by atoms with van der Waals surface area (Å²) in [5.41, 5.74) is 4.53. The molecule has 0 aliphatic heterocycles. The Morgan fingerprint density at radius 1 is 0.571 bits per heavy atom. The van der Waals surface area contributed by atoms with Crippen molar-refractivity contribution in [2.75, 3.05) is 4.90 Å². The zero-order valence-electron chi connectivity index (χ0n) is 11.6. The second kappa shape index (κ2) is 6.47. The van der Waals surface area contributed by atoms with E-state index < -0.39 is 0 Å². The Morgan fingerprint density at radius 2 is 1.00 bits per heavy atom. The minimum absolute atomic E-state index is 0.539. The largest absolute Gasteiger partial charge is 0.311 e. The maximum atomic E-state index is 5.88. The van der Waals surface area contributed by atoms with Crippen molar-refractivity contribution in [3.63, 3.8) is 0 Å². The quantitative estimate of drug-likeness (QED) is 0.542. The van der Waals surface area contributed by atoms with E-state index in [1.54, 1.807) is 0 Å². The lowest BCUT2D eigenvalue weighted by molar-refractivity contribution is 1.27. The molecule has 0 aliphatic carbocycles. The molecule has 0 saturated heterocycles. The second-order valence-corrected chi connectivity index (χ2v) is 5.07. The summed E-state index contributed by atoms with van der Waals surface area (Å²) in [5, 5.41) is 0. The van der Waals surface area contributed by atoms with E-state index in [9.17, 15) is 0 Å². The van der Waals surface area contributed by atoms with Crippen LogP contribution in [0.4, 0.5) is 17.1 Å². The lowest BCUT2D eigenvalue weighted by Gasteiger charge is -2.25. The SMILES string of the molecule is ClCc1ccc(N(c2ccccc2)c2ccccc2)cc1. The highest BCUT2D eigenvalue weighted by Crippen LogP contribution is 2.34. The summed E-state index contributed by atoms with van der Waals surface area (Å²) in [5.74, 6) is 0.539. The van der Waals surface area contributed by atoms with Gasteiger partial charge < -0.3 is 4.90 Å². The van der Waals surface area contributed by atoms with Crippen molar-refractivity contribution in [1.29, 1.82) is 0 Å². The number of anilines is 3. The van der Waals surface area contributed by atoms with E-state index in [-0.39, 0.29) is 0 Å². The number of rotatable bonds is 4. The van der Waals surface area contributed by atoms with Crippen LogP contribution in [-0.2, 0) is 5.88 Å². The van der Waals surface area contributed by atoms with Crippen LogP contribution in [0.1, 0.15) is 5.56 Å². The molecule has 0 atom stereocenters. The molecule has 104 valence electrons. The van der Waals surface area contributed by atoms with Crippen LogP contribution in [0.25, 0.3) is 0 Å². The van der Waals surface area contributed by atoms with Gasteiger partial charge in [0.2, 0.25) is 0 Å². The van der Waals surface area contributed by atoms with Gasteiger partial charge >= 0.3 is 0 Å². The molecule has 0 amide bonds. The van der Waals surface area contributed by atoms with Crippen molar-refractivity contribution in [1.82, 2.24) is 0 Å². The number of hydrogen-bond acceptors (Lipinski definition) is 1. The first-order valence-corrected chi connectivity index (χ1v) is 7.47. The third-order valence-corrected chi connectivity index (χ3v) is 3.69. The number of alkyl halides is 1. The van der Waals surface area contributed by atoms with E-state index in [2.05, 4.69) is 77.7 Å². The fraction of sp³-hybridized carbons (Fsp3) is 0.0526. The predicted molar refractivity (Wildman–Crippen MR) is 90.7 cm³/mol. The number of benzene rings is 3. The summed E-state index contributed by atoms with van der Waals surface area (Å²) in [6, 6.07) is 29.1. The Bertz CT molecular complexity index is 638. The molecular weight excluding hydrogens is 278 g/mol. The summed E-state index contributed by atoms with van der Waals surface area (Å²) >= 11 is 5.88. The summed E-state index contributed by atoms with van der Waals surface area (Å²) in [7, 11) is 0. The Morgan fingerprint density at radius 3 is 1.43 bits per heavy atom. The van der Waals surface area contributed by atoms with Crippen LogP contribution in [0.5, 0.6) is 0 Å². The first-order chi connectivity index (χ1) is 10.4. The molecule has 0 aromatic heterocycles. The van der Waals surface area contributed by atoms with Crippen molar-refractivity contribution >= 4 is 28.7 Å². The zero-order chi connectivity index (χ0) is 14.5. The minimum Gasteiger partial charge on any atom is -0.311 e. The third kappa shape index (κ3) is 3.09. The van der Waals surface area contributed by atoms with E-state index >= 15 is 0 Å². The number of nitrogens with zero attached hydrogens (tertiary/aromatic N) is 1. The van der Waals surface area contributed by atoms with Crippen LogP contribution in [0.15, 0.2) is 84.9 Å². The first kappa shape index (κ1) is 13.7. The normalized spacial score (nSPS) is 10.3. The molecule has 3 aromatic carbocycles. The van der Waals surface area contributed by atoms with Gasteiger partial charge in [-0.05, 0) is 42.0 Å². The van der Waals surface area contributed by atoms with E-state index in [0.29, 0.717) is 5.88 Å². The van der Waals surface area contributed by atoms with Gasteiger partial charge in [-0.2, -0.15) is 0 Å². The van der Waals surface area contributed by atoms with Gasteiger partial charge in [-0.1, -0.05) is 48.5 Å². The molecule has 0 bridgehead atoms. The average molecular weight is 294 g/mol. The predicted octanol–water partition coefficient (Wildman–Crippen LogP) is 5.90. The highest BCUT2D eigenvalue weighted by molar-refractivity contribution is 6.17. The van der Waals surface area contributed by atoms with Crippen LogP contribution in [0, 0.1) is 0 Å². The van der Waals surface area contributed by atoms with Gasteiger partial charge in [0.05, 0.1) is 0 Å². The highest BCUT2D eigenvalue weighted by Gasteiger charge is 2.11. The zero-order valence-corrected chi connectivity index (χ0v) is 12.4. The van der Waals surface area contributed by atoms with E-state index in [1.807, 2.05) is 12.1 Å².